The molecule has 0 bridgehead atoms. The van der Waals surface area contributed by atoms with E-state index >= 15 is 0 Å². The number of rotatable bonds is 3. The van der Waals surface area contributed by atoms with Crippen LogP contribution in [-0.4, -0.2) is 19.2 Å². The highest BCUT2D eigenvalue weighted by atomic mass is 35.5. The molecule has 1 N–H and O–H groups in total. The van der Waals surface area contributed by atoms with Crippen LogP contribution in [0.25, 0.3) is 0 Å². The maximum atomic E-state index is 12.9. The fraction of sp³-hybridized carbons (Fsp3) is 0.538. The van der Waals surface area contributed by atoms with E-state index in [0.29, 0.717) is 16.7 Å². The molecule has 0 aromatic heterocycles. The molecule has 1 aliphatic heterocycles. The lowest BCUT2D eigenvalue weighted by Gasteiger charge is -2.28. The van der Waals surface area contributed by atoms with Gasteiger partial charge in [-0.25, -0.2) is 4.39 Å². The third-order valence-electron chi connectivity index (χ3n) is 3.25. The van der Waals surface area contributed by atoms with Crippen molar-refractivity contribution in [1.29, 1.82) is 0 Å². The van der Waals surface area contributed by atoms with Gasteiger partial charge in [0.1, 0.15) is 11.6 Å². The molecule has 4 heteroatoms. The monoisotopic (exact) mass is 257 g/mol. The molecular formula is C13H17ClFNO. The number of halogens is 2. The number of piperidine rings is 1. The van der Waals surface area contributed by atoms with Gasteiger partial charge >= 0.3 is 0 Å². The second-order valence-corrected chi connectivity index (χ2v) is 4.89. The molecular weight excluding hydrogens is 241 g/mol. The van der Waals surface area contributed by atoms with Crippen LogP contribution in [-0.2, 0) is 0 Å². The zero-order valence-corrected chi connectivity index (χ0v) is 10.6. The summed E-state index contributed by atoms with van der Waals surface area (Å²) in [4.78, 5) is 0. The SMILES string of the molecule is C[C@H](Oc1ccc(F)cc1Cl)C1CCNCC1. The van der Waals surface area contributed by atoms with Gasteiger partial charge in [0.15, 0.2) is 0 Å². The summed E-state index contributed by atoms with van der Waals surface area (Å²) in [5, 5.41) is 3.66. The van der Waals surface area contributed by atoms with Crippen LogP contribution in [0.3, 0.4) is 0 Å². The van der Waals surface area contributed by atoms with Gasteiger partial charge in [-0.3, -0.25) is 0 Å². The fourth-order valence-electron chi connectivity index (χ4n) is 2.18. The standard InChI is InChI=1S/C13H17ClFNO/c1-9(10-4-6-16-7-5-10)17-13-3-2-11(15)8-12(13)14/h2-3,8-10,16H,4-7H2,1H3/t9-/m0/s1. The van der Waals surface area contributed by atoms with E-state index in [2.05, 4.69) is 12.2 Å². The van der Waals surface area contributed by atoms with Crippen LogP contribution in [0, 0.1) is 11.7 Å². The smallest absolute Gasteiger partial charge is 0.138 e. The van der Waals surface area contributed by atoms with Crippen molar-refractivity contribution in [2.24, 2.45) is 5.92 Å². The summed E-state index contributed by atoms with van der Waals surface area (Å²) in [5.41, 5.74) is 0. The van der Waals surface area contributed by atoms with E-state index < -0.39 is 0 Å². The van der Waals surface area contributed by atoms with Crippen molar-refractivity contribution < 1.29 is 9.13 Å². The first kappa shape index (κ1) is 12.7. The van der Waals surface area contributed by atoms with Crippen molar-refractivity contribution >= 4 is 11.6 Å². The lowest BCUT2D eigenvalue weighted by atomic mass is 9.93. The number of nitrogens with one attached hydrogen (secondary N) is 1. The minimum Gasteiger partial charge on any atom is -0.489 e. The van der Waals surface area contributed by atoms with E-state index in [9.17, 15) is 4.39 Å². The first-order valence-electron chi connectivity index (χ1n) is 5.99. The number of hydrogen-bond acceptors (Lipinski definition) is 2. The average molecular weight is 258 g/mol. The Morgan fingerprint density at radius 3 is 2.76 bits per heavy atom. The Morgan fingerprint density at radius 1 is 1.41 bits per heavy atom. The molecule has 1 heterocycles. The van der Waals surface area contributed by atoms with Crippen LogP contribution < -0.4 is 10.1 Å². The predicted octanol–water partition coefficient (Wildman–Crippen LogP) is 3.25. The Balaban J connectivity index is 1.99. The van der Waals surface area contributed by atoms with Crippen molar-refractivity contribution in [3.05, 3.63) is 29.0 Å². The van der Waals surface area contributed by atoms with Gasteiger partial charge in [0.2, 0.25) is 0 Å². The molecule has 0 saturated carbocycles. The number of ether oxygens (including phenoxy) is 1. The molecule has 1 atom stereocenters. The highest BCUT2D eigenvalue weighted by Crippen LogP contribution is 2.28. The molecule has 1 fully saturated rings. The second-order valence-electron chi connectivity index (χ2n) is 4.49. The molecule has 0 radical (unpaired) electrons. The number of benzene rings is 1. The lowest BCUT2D eigenvalue weighted by molar-refractivity contribution is 0.128. The van der Waals surface area contributed by atoms with E-state index in [-0.39, 0.29) is 11.9 Å². The van der Waals surface area contributed by atoms with E-state index in [0.717, 1.165) is 25.9 Å². The van der Waals surface area contributed by atoms with E-state index in [1.807, 2.05) is 0 Å². The fourth-order valence-corrected chi connectivity index (χ4v) is 2.39. The van der Waals surface area contributed by atoms with Crippen LogP contribution in [0.1, 0.15) is 19.8 Å². The van der Waals surface area contributed by atoms with Gasteiger partial charge in [0.25, 0.3) is 0 Å². The molecule has 2 rings (SSSR count). The van der Waals surface area contributed by atoms with Crippen molar-refractivity contribution in [2.45, 2.75) is 25.9 Å². The summed E-state index contributed by atoms with van der Waals surface area (Å²) in [5.74, 6) is 0.772. The third kappa shape index (κ3) is 3.33. The van der Waals surface area contributed by atoms with E-state index in [1.54, 1.807) is 6.07 Å². The molecule has 94 valence electrons. The molecule has 0 spiro atoms. The molecule has 1 aromatic carbocycles. The molecule has 0 aliphatic carbocycles. The topological polar surface area (TPSA) is 21.3 Å². The molecule has 17 heavy (non-hydrogen) atoms. The first-order valence-corrected chi connectivity index (χ1v) is 6.37. The van der Waals surface area contributed by atoms with Crippen LogP contribution in [0.4, 0.5) is 4.39 Å². The first-order chi connectivity index (χ1) is 8.16. The summed E-state index contributed by atoms with van der Waals surface area (Å²) >= 11 is 5.94. The molecule has 2 nitrogen and oxygen atoms in total. The molecule has 1 aromatic rings. The van der Waals surface area contributed by atoms with Gasteiger partial charge in [0.05, 0.1) is 11.1 Å². The Bertz CT molecular complexity index is 380. The van der Waals surface area contributed by atoms with Crippen molar-refractivity contribution in [3.63, 3.8) is 0 Å². The maximum absolute atomic E-state index is 12.9. The summed E-state index contributed by atoms with van der Waals surface area (Å²) < 4.78 is 18.7. The summed E-state index contributed by atoms with van der Waals surface area (Å²) in [6.07, 6.45) is 2.33. The summed E-state index contributed by atoms with van der Waals surface area (Å²) in [7, 11) is 0. The van der Waals surface area contributed by atoms with Crippen LogP contribution in [0.2, 0.25) is 5.02 Å². The van der Waals surface area contributed by atoms with Gasteiger partial charge in [0, 0.05) is 0 Å². The van der Waals surface area contributed by atoms with Gasteiger partial charge in [-0.1, -0.05) is 11.6 Å². The zero-order valence-electron chi connectivity index (χ0n) is 9.88. The van der Waals surface area contributed by atoms with Crippen LogP contribution in [0.15, 0.2) is 18.2 Å². The molecule has 1 aliphatic rings. The number of hydrogen-bond donors (Lipinski definition) is 1. The van der Waals surface area contributed by atoms with Gasteiger partial charge in [-0.2, -0.15) is 0 Å². The average Bonchev–Trinajstić information content (AvgIpc) is 2.34. The Kier molecular flexibility index (Phi) is 4.24. The highest BCUT2D eigenvalue weighted by molar-refractivity contribution is 6.32. The van der Waals surface area contributed by atoms with Gasteiger partial charge in [-0.15, -0.1) is 0 Å². The Labute approximate surface area is 106 Å². The minimum absolute atomic E-state index is 0.111. The van der Waals surface area contributed by atoms with Crippen molar-refractivity contribution in [1.82, 2.24) is 5.32 Å². The lowest BCUT2D eigenvalue weighted by Crippen LogP contribution is -2.35. The maximum Gasteiger partial charge on any atom is 0.138 e. The predicted molar refractivity (Wildman–Crippen MR) is 67.1 cm³/mol. The minimum atomic E-state index is -0.336. The van der Waals surface area contributed by atoms with Crippen LogP contribution in [0.5, 0.6) is 5.75 Å². The summed E-state index contributed by atoms with van der Waals surface area (Å²) in [6.45, 7) is 4.13. The third-order valence-corrected chi connectivity index (χ3v) is 3.55. The van der Waals surface area contributed by atoms with E-state index in [4.69, 9.17) is 16.3 Å². The van der Waals surface area contributed by atoms with Crippen LogP contribution >= 0.6 is 11.6 Å². The van der Waals surface area contributed by atoms with Crippen molar-refractivity contribution in [2.75, 3.05) is 13.1 Å². The molecule has 1 saturated heterocycles. The molecule has 0 amide bonds. The zero-order chi connectivity index (χ0) is 12.3. The normalized spacial score (nSPS) is 19.0. The quantitative estimate of drug-likeness (QED) is 0.898. The Morgan fingerprint density at radius 2 is 2.12 bits per heavy atom. The summed E-state index contributed by atoms with van der Waals surface area (Å²) in [6, 6.07) is 4.25. The second kappa shape index (κ2) is 5.69. The highest BCUT2D eigenvalue weighted by Gasteiger charge is 2.21. The van der Waals surface area contributed by atoms with Gasteiger partial charge in [-0.05, 0) is 57.0 Å². The van der Waals surface area contributed by atoms with Crippen molar-refractivity contribution in [3.8, 4) is 5.75 Å². The van der Waals surface area contributed by atoms with Gasteiger partial charge < -0.3 is 10.1 Å². The molecule has 0 unspecified atom stereocenters. The Hall–Kier alpha value is -0.800. The van der Waals surface area contributed by atoms with E-state index in [1.165, 1.54) is 12.1 Å². The largest absolute Gasteiger partial charge is 0.489 e.